The molecule has 0 fully saturated rings. The van der Waals surface area contributed by atoms with Crippen LogP contribution in [-0.2, 0) is 0 Å². The van der Waals surface area contributed by atoms with E-state index in [9.17, 15) is 0 Å². The van der Waals surface area contributed by atoms with E-state index in [1.165, 1.54) is 0 Å². The second-order valence-corrected chi connectivity index (χ2v) is 4.58. The van der Waals surface area contributed by atoms with Gasteiger partial charge < -0.3 is 9.47 Å². The van der Waals surface area contributed by atoms with Crippen molar-refractivity contribution in [2.45, 2.75) is 11.8 Å². The molecular weight excluding hydrogens is 268 g/mol. The number of ether oxygens (including phenoxy) is 2. The van der Waals surface area contributed by atoms with Gasteiger partial charge in [-0.05, 0) is 31.2 Å². The normalized spacial score (nSPS) is 9.55. The summed E-state index contributed by atoms with van der Waals surface area (Å²) in [6.07, 6.45) is 0. The van der Waals surface area contributed by atoms with Gasteiger partial charge in [0.25, 0.3) is 0 Å². The summed E-state index contributed by atoms with van der Waals surface area (Å²) in [5.74, 6) is 7.26. The van der Waals surface area contributed by atoms with E-state index in [0.29, 0.717) is 6.61 Å². The third kappa shape index (κ3) is 3.28. The molecule has 3 heteroatoms. The molecule has 0 spiro atoms. The fourth-order valence-electron chi connectivity index (χ4n) is 1.88. The second-order valence-electron chi connectivity index (χ2n) is 4.09. The number of benzene rings is 2. The van der Waals surface area contributed by atoms with Gasteiger partial charge in [0.2, 0.25) is 0 Å². The van der Waals surface area contributed by atoms with Gasteiger partial charge in [0.15, 0.2) is 0 Å². The zero-order chi connectivity index (χ0) is 14.4. The average Bonchev–Trinajstić information content (AvgIpc) is 2.49. The molecule has 2 aromatic carbocycles. The van der Waals surface area contributed by atoms with Crippen LogP contribution in [0, 0.1) is 11.8 Å². The molecule has 0 heterocycles. The van der Waals surface area contributed by atoms with Crippen molar-refractivity contribution in [2.24, 2.45) is 0 Å². The first kappa shape index (κ1) is 14.4. The van der Waals surface area contributed by atoms with Crippen molar-refractivity contribution in [1.82, 2.24) is 0 Å². The molecule has 2 nitrogen and oxygen atoms in total. The van der Waals surface area contributed by atoms with E-state index in [0.717, 1.165) is 27.5 Å². The van der Waals surface area contributed by atoms with E-state index in [2.05, 4.69) is 24.5 Å². The molecule has 0 saturated heterocycles. The fraction of sp³-hybridized carbons (Fsp3) is 0.176. The Morgan fingerprint density at radius 2 is 1.90 bits per heavy atom. The third-order valence-corrected chi connectivity index (χ3v) is 3.24. The van der Waals surface area contributed by atoms with E-state index < -0.39 is 0 Å². The fourth-order valence-corrected chi connectivity index (χ4v) is 2.14. The molecule has 0 aliphatic heterocycles. The van der Waals surface area contributed by atoms with Gasteiger partial charge in [-0.3, -0.25) is 0 Å². The molecule has 0 saturated carbocycles. The molecule has 2 rings (SSSR count). The SMILES string of the molecule is CC#CCOc1ccc(S)c(-c2ccccc2OC)c1. The molecule has 0 radical (unpaired) electrons. The maximum atomic E-state index is 5.59. The lowest BCUT2D eigenvalue weighted by molar-refractivity contribution is 0.370. The van der Waals surface area contributed by atoms with Crippen molar-refractivity contribution >= 4 is 12.6 Å². The van der Waals surface area contributed by atoms with E-state index >= 15 is 0 Å². The highest BCUT2D eigenvalue weighted by Gasteiger charge is 2.09. The zero-order valence-electron chi connectivity index (χ0n) is 11.5. The minimum atomic E-state index is 0.383. The van der Waals surface area contributed by atoms with Gasteiger partial charge in [-0.2, -0.15) is 0 Å². The summed E-state index contributed by atoms with van der Waals surface area (Å²) in [5, 5.41) is 0. The van der Waals surface area contributed by atoms with Crippen molar-refractivity contribution in [3.63, 3.8) is 0 Å². The van der Waals surface area contributed by atoms with E-state index in [1.807, 2.05) is 42.5 Å². The number of hydrogen-bond donors (Lipinski definition) is 1. The predicted molar refractivity (Wildman–Crippen MR) is 84.6 cm³/mol. The van der Waals surface area contributed by atoms with Gasteiger partial charge in [-0.1, -0.05) is 24.1 Å². The number of methoxy groups -OCH3 is 1. The first-order chi connectivity index (χ1) is 9.76. The van der Waals surface area contributed by atoms with Gasteiger partial charge in [-0.25, -0.2) is 0 Å². The van der Waals surface area contributed by atoms with E-state index in [4.69, 9.17) is 9.47 Å². The monoisotopic (exact) mass is 284 g/mol. The van der Waals surface area contributed by atoms with Crippen molar-refractivity contribution in [3.05, 3.63) is 42.5 Å². The summed E-state index contributed by atoms with van der Waals surface area (Å²) in [6, 6.07) is 13.6. The first-order valence-corrected chi connectivity index (χ1v) is 6.69. The lowest BCUT2D eigenvalue weighted by Crippen LogP contribution is -1.95. The number of thiol groups is 1. The number of rotatable bonds is 4. The molecule has 0 unspecified atom stereocenters. The van der Waals surface area contributed by atoms with Gasteiger partial charge in [0.1, 0.15) is 18.1 Å². The molecule has 0 aliphatic rings. The van der Waals surface area contributed by atoms with Crippen LogP contribution in [0.4, 0.5) is 0 Å². The Morgan fingerprint density at radius 1 is 1.10 bits per heavy atom. The minimum absolute atomic E-state index is 0.383. The van der Waals surface area contributed by atoms with Crippen molar-refractivity contribution in [2.75, 3.05) is 13.7 Å². The summed E-state index contributed by atoms with van der Waals surface area (Å²) in [5.41, 5.74) is 1.97. The highest BCUT2D eigenvalue weighted by Crippen LogP contribution is 2.35. The Hall–Kier alpha value is -2.05. The molecule has 0 atom stereocenters. The zero-order valence-corrected chi connectivity index (χ0v) is 12.4. The van der Waals surface area contributed by atoms with E-state index in [1.54, 1.807) is 14.0 Å². The van der Waals surface area contributed by atoms with Crippen molar-refractivity contribution in [3.8, 4) is 34.5 Å². The summed E-state index contributed by atoms with van der Waals surface area (Å²) >= 11 is 4.51. The maximum absolute atomic E-state index is 5.59. The lowest BCUT2D eigenvalue weighted by Gasteiger charge is -2.12. The quantitative estimate of drug-likeness (QED) is 0.674. The topological polar surface area (TPSA) is 18.5 Å². The summed E-state index contributed by atoms with van der Waals surface area (Å²) in [6.45, 7) is 2.17. The molecule has 0 bridgehead atoms. The molecule has 0 amide bonds. The largest absolute Gasteiger partial charge is 0.496 e. The van der Waals surface area contributed by atoms with Gasteiger partial charge in [0.05, 0.1) is 7.11 Å². The summed E-state index contributed by atoms with van der Waals surface area (Å²) < 4.78 is 11.0. The van der Waals surface area contributed by atoms with Gasteiger partial charge in [-0.15, -0.1) is 18.5 Å². The van der Waals surface area contributed by atoms with Crippen LogP contribution in [0.2, 0.25) is 0 Å². The highest BCUT2D eigenvalue weighted by molar-refractivity contribution is 7.80. The van der Waals surface area contributed by atoms with Gasteiger partial charge in [0, 0.05) is 16.0 Å². The van der Waals surface area contributed by atoms with Crippen LogP contribution in [0.3, 0.4) is 0 Å². The van der Waals surface area contributed by atoms with Crippen LogP contribution in [0.1, 0.15) is 6.92 Å². The van der Waals surface area contributed by atoms with Crippen LogP contribution in [0.5, 0.6) is 11.5 Å². The van der Waals surface area contributed by atoms with Gasteiger partial charge >= 0.3 is 0 Å². The minimum Gasteiger partial charge on any atom is -0.496 e. The molecular formula is C17H16O2S. The smallest absolute Gasteiger partial charge is 0.149 e. The van der Waals surface area contributed by atoms with Crippen LogP contribution in [-0.4, -0.2) is 13.7 Å². The van der Waals surface area contributed by atoms with Crippen molar-refractivity contribution in [1.29, 1.82) is 0 Å². The number of hydrogen-bond acceptors (Lipinski definition) is 3. The average molecular weight is 284 g/mol. The molecule has 0 N–H and O–H groups in total. The predicted octanol–water partition coefficient (Wildman–Crippen LogP) is 4.05. The highest BCUT2D eigenvalue weighted by atomic mass is 32.1. The van der Waals surface area contributed by atoms with Crippen LogP contribution >= 0.6 is 12.6 Å². The first-order valence-electron chi connectivity index (χ1n) is 6.25. The summed E-state index contributed by atoms with van der Waals surface area (Å²) in [4.78, 5) is 0.878. The Kier molecular flexibility index (Phi) is 4.97. The van der Waals surface area contributed by atoms with Crippen LogP contribution in [0.15, 0.2) is 47.4 Å². The molecule has 0 aliphatic carbocycles. The molecule has 102 valence electrons. The second kappa shape index (κ2) is 6.93. The Balaban J connectivity index is 2.39. The molecule has 0 aromatic heterocycles. The van der Waals surface area contributed by atoms with E-state index in [-0.39, 0.29) is 0 Å². The summed E-state index contributed by atoms with van der Waals surface area (Å²) in [7, 11) is 1.66. The third-order valence-electron chi connectivity index (χ3n) is 2.85. The van der Waals surface area contributed by atoms with Crippen LogP contribution in [0.25, 0.3) is 11.1 Å². The van der Waals surface area contributed by atoms with Crippen molar-refractivity contribution < 1.29 is 9.47 Å². The molecule has 2 aromatic rings. The molecule has 20 heavy (non-hydrogen) atoms. The number of para-hydroxylation sites is 1. The Bertz CT molecular complexity index is 654. The lowest BCUT2D eigenvalue weighted by atomic mass is 10.0. The maximum Gasteiger partial charge on any atom is 0.149 e. The standard InChI is InChI=1S/C17H16O2S/c1-3-4-11-19-13-9-10-17(20)15(12-13)14-7-5-6-8-16(14)18-2/h5-10,12,20H,11H2,1-2H3. The Morgan fingerprint density at radius 3 is 2.65 bits per heavy atom. The Labute approximate surface area is 125 Å². The van der Waals surface area contributed by atoms with Crippen LogP contribution < -0.4 is 9.47 Å².